The number of hydrogen-bond acceptors (Lipinski definition) is 4. The maximum Gasteiger partial charge on any atom is 0.418 e. The van der Waals surface area contributed by atoms with E-state index in [1.807, 2.05) is 30.3 Å². The van der Waals surface area contributed by atoms with Gasteiger partial charge in [0.2, 0.25) is 11.8 Å². The zero-order valence-corrected chi connectivity index (χ0v) is 16.0. The van der Waals surface area contributed by atoms with Crippen molar-refractivity contribution >= 4 is 34.5 Å². The molecule has 5 nitrogen and oxygen atoms in total. The molecule has 0 aliphatic rings. The van der Waals surface area contributed by atoms with Gasteiger partial charge in [-0.05, 0) is 18.2 Å². The van der Waals surface area contributed by atoms with E-state index in [0.717, 1.165) is 22.7 Å². The Labute approximate surface area is 168 Å². The third-order valence-electron chi connectivity index (χ3n) is 3.83. The van der Waals surface area contributed by atoms with Crippen molar-refractivity contribution in [2.75, 3.05) is 10.6 Å². The summed E-state index contributed by atoms with van der Waals surface area (Å²) in [5.74, 6) is -1.11. The lowest BCUT2D eigenvalue weighted by Gasteiger charge is -2.15. The predicted octanol–water partition coefficient (Wildman–Crippen LogP) is 4.97. The quantitative estimate of drug-likeness (QED) is 0.614. The number of rotatable bonds is 5. The first kappa shape index (κ1) is 20.5. The Morgan fingerprint density at radius 3 is 2.45 bits per heavy atom. The maximum atomic E-state index is 13.4. The van der Waals surface area contributed by atoms with Gasteiger partial charge in [0.25, 0.3) is 0 Å². The van der Waals surface area contributed by atoms with Gasteiger partial charge >= 0.3 is 6.18 Å². The Morgan fingerprint density at radius 2 is 1.79 bits per heavy atom. The Hall–Kier alpha value is -3.20. The fourth-order valence-electron chi connectivity index (χ4n) is 2.63. The van der Waals surface area contributed by atoms with E-state index < -0.39 is 23.6 Å². The number of alkyl halides is 3. The average Bonchev–Trinajstić information content (AvgIpc) is 3.11. The predicted molar refractivity (Wildman–Crippen MR) is 106 cm³/mol. The summed E-state index contributed by atoms with van der Waals surface area (Å²) in [6, 6.07) is 12.6. The summed E-state index contributed by atoms with van der Waals surface area (Å²) in [5, 5.41) is 7.01. The van der Waals surface area contributed by atoms with Gasteiger partial charge in [0, 0.05) is 23.6 Å². The van der Waals surface area contributed by atoms with Crippen LogP contribution in [0.25, 0.3) is 10.6 Å². The number of carbonyl (C=O) groups excluding carboxylic acids is 2. The number of halogens is 3. The van der Waals surface area contributed by atoms with Gasteiger partial charge in [-0.2, -0.15) is 13.2 Å². The van der Waals surface area contributed by atoms with E-state index in [1.54, 1.807) is 5.38 Å². The molecule has 0 spiro atoms. The number of amides is 2. The minimum Gasteiger partial charge on any atom is -0.326 e. The highest BCUT2D eigenvalue weighted by molar-refractivity contribution is 7.13. The molecule has 1 aromatic heterocycles. The van der Waals surface area contributed by atoms with Gasteiger partial charge in [-0.1, -0.05) is 30.3 Å². The molecule has 0 fully saturated rings. The molecule has 0 radical (unpaired) electrons. The van der Waals surface area contributed by atoms with Crippen LogP contribution in [0.5, 0.6) is 0 Å². The van der Waals surface area contributed by atoms with E-state index in [2.05, 4.69) is 15.6 Å². The van der Waals surface area contributed by atoms with Crippen LogP contribution in [0.3, 0.4) is 0 Å². The fourth-order valence-corrected chi connectivity index (χ4v) is 3.46. The van der Waals surface area contributed by atoms with E-state index in [0.29, 0.717) is 5.69 Å². The van der Waals surface area contributed by atoms with E-state index in [-0.39, 0.29) is 17.8 Å². The first-order valence-corrected chi connectivity index (χ1v) is 9.39. The highest BCUT2D eigenvalue weighted by atomic mass is 32.1. The summed E-state index contributed by atoms with van der Waals surface area (Å²) in [7, 11) is 0. The van der Waals surface area contributed by atoms with Crippen molar-refractivity contribution in [1.82, 2.24) is 4.98 Å². The monoisotopic (exact) mass is 419 g/mol. The molecule has 3 aromatic rings. The van der Waals surface area contributed by atoms with Crippen LogP contribution in [0.4, 0.5) is 24.5 Å². The van der Waals surface area contributed by atoms with Crippen LogP contribution in [-0.2, 0) is 22.2 Å². The molecule has 1 heterocycles. The van der Waals surface area contributed by atoms with Crippen LogP contribution in [0, 0.1) is 0 Å². The second kappa shape index (κ2) is 8.44. The Morgan fingerprint density at radius 1 is 1.07 bits per heavy atom. The molecule has 2 aromatic carbocycles. The standard InChI is InChI=1S/C20H16F3N3O2S/c1-12(27)24-14-7-8-17(16(9-14)20(21,22)23)26-18(28)10-15-11-29-19(25-15)13-5-3-2-4-6-13/h2-9,11H,10H2,1H3,(H,24,27)(H,26,28). The zero-order chi connectivity index (χ0) is 21.0. The minimum atomic E-state index is -4.70. The van der Waals surface area contributed by atoms with E-state index in [9.17, 15) is 22.8 Å². The molecule has 0 saturated heterocycles. The molecule has 2 amide bonds. The first-order chi connectivity index (χ1) is 13.7. The molecule has 29 heavy (non-hydrogen) atoms. The number of nitrogens with one attached hydrogen (secondary N) is 2. The topological polar surface area (TPSA) is 71.1 Å². The largest absolute Gasteiger partial charge is 0.418 e. The summed E-state index contributed by atoms with van der Waals surface area (Å²) in [6.07, 6.45) is -4.85. The summed E-state index contributed by atoms with van der Waals surface area (Å²) in [4.78, 5) is 27.7. The van der Waals surface area contributed by atoms with E-state index in [4.69, 9.17) is 0 Å². The average molecular weight is 419 g/mol. The number of carbonyl (C=O) groups is 2. The second-order valence-electron chi connectivity index (χ2n) is 6.17. The molecule has 0 bridgehead atoms. The van der Waals surface area contributed by atoms with Crippen LogP contribution in [0.15, 0.2) is 53.9 Å². The molecule has 0 atom stereocenters. The van der Waals surface area contributed by atoms with Gasteiger partial charge in [-0.25, -0.2) is 4.98 Å². The van der Waals surface area contributed by atoms with E-state index in [1.165, 1.54) is 24.3 Å². The second-order valence-corrected chi connectivity index (χ2v) is 7.03. The highest BCUT2D eigenvalue weighted by Crippen LogP contribution is 2.36. The Kier molecular flexibility index (Phi) is 5.97. The summed E-state index contributed by atoms with van der Waals surface area (Å²) in [6.45, 7) is 1.19. The van der Waals surface area contributed by atoms with Crippen molar-refractivity contribution < 1.29 is 22.8 Å². The highest BCUT2D eigenvalue weighted by Gasteiger charge is 2.34. The number of anilines is 2. The molecule has 0 saturated carbocycles. The Bertz CT molecular complexity index is 1030. The van der Waals surface area contributed by atoms with Crippen molar-refractivity contribution in [2.45, 2.75) is 19.5 Å². The number of hydrogen-bond donors (Lipinski definition) is 2. The normalized spacial score (nSPS) is 11.2. The van der Waals surface area contributed by atoms with Crippen LogP contribution in [0.1, 0.15) is 18.2 Å². The van der Waals surface area contributed by atoms with Crippen molar-refractivity contribution in [1.29, 1.82) is 0 Å². The van der Waals surface area contributed by atoms with Crippen LogP contribution in [0.2, 0.25) is 0 Å². The van der Waals surface area contributed by atoms with Gasteiger partial charge in [0.15, 0.2) is 0 Å². The number of thiazole rings is 1. The summed E-state index contributed by atoms with van der Waals surface area (Å²) >= 11 is 1.35. The fraction of sp³-hybridized carbons (Fsp3) is 0.150. The van der Waals surface area contributed by atoms with Gasteiger partial charge in [0.1, 0.15) is 5.01 Å². The number of benzene rings is 2. The van der Waals surface area contributed by atoms with Crippen molar-refractivity contribution in [3.8, 4) is 10.6 Å². The third kappa shape index (κ3) is 5.41. The molecule has 0 aliphatic heterocycles. The van der Waals surface area contributed by atoms with Crippen molar-refractivity contribution in [3.05, 3.63) is 65.2 Å². The molecule has 0 aliphatic carbocycles. The van der Waals surface area contributed by atoms with Gasteiger partial charge in [0.05, 0.1) is 23.4 Å². The lowest BCUT2D eigenvalue weighted by atomic mass is 10.1. The van der Waals surface area contributed by atoms with Crippen LogP contribution >= 0.6 is 11.3 Å². The maximum absolute atomic E-state index is 13.4. The summed E-state index contributed by atoms with van der Waals surface area (Å²) < 4.78 is 40.1. The smallest absolute Gasteiger partial charge is 0.326 e. The van der Waals surface area contributed by atoms with Gasteiger partial charge < -0.3 is 10.6 Å². The zero-order valence-electron chi connectivity index (χ0n) is 15.2. The third-order valence-corrected chi connectivity index (χ3v) is 4.77. The van der Waals surface area contributed by atoms with Crippen molar-refractivity contribution in [2.24, 2.45) is 0 Å². The molecule has 150 valence electrons. The van der Waals surface area contributed by atoms with Crippen LogP contribution in [-0.4, -0.2) is 16.8 Å². The molecule has 2 N–H and O–H groups in total. The van der Waals surface area contributed by atoms with Gasteiger partial charge in [-0.15, -0.1) is 11.3 Å². The minimum absolute atomic E-state index is 0.00479. The lowest BCUT2D eigenvalue weighted by molar-refractivity contribution is -0.137. The summed E-state index contributed by atoms with van der Waals surface area (Å²) in [5.41, 5.74) is -0.0582. The molecule has 9 heteroatoms. The SMILES string of the molecule is CC(=O)Nc1ccc(NC(=O)Cc2csc(-c3ccccc3)n2)c(C(F)(F)F)c1. The number of nitrogens with zero attached hydrogens (tertiary/aromatic N) is 1. The Balaban J connectivity index is 1.75. The molecular weight excluding hydrogens is 403 g/mol. The molecule has 0 unspecified atom stereocenters. The number of aromatic nitrogens is 1. The first-order valence-electron chi connectivity index (χ1n) is 8.51. The lowest BCUT2D eigenvalue weighted by Crippen LogP contribution is -2.19. The van der Waals surface area contributed by atoms with Crippen LogP contribution < -0.4 is 10.6 Å². The van der Waals surface area contributed by atoms with Gasteiger partial charge in [-0.3, -0.25) is 9.59 Å². The van der Waals surface area contributed by atoms with Crippen molar-refractivity contribution in [3.63, 3.8) is 0 Å². The van der Waals surface area contributed by atoms with E-state index >= 15 is 0 Å². The molecule has 3 rings (SSSR count). The molecular formula is C20H16F3N3O2S.